The smallest absolute Gasteiger partial charge is 0.339 e. The topological polar surface area (TPSA) is 109 Å². The van der Waals surface area contributed by atoms with E-state index in [1.807, 2.05) is 26.0 Å². The van der Waals surface area contributed by atoms with E-state index in [9.17, 15) is 18.0 Å². The molecular formula is C27H31N3O6S. The van der Waals surface area contributed by atoms with Crippen LogP contribution in [0.1, 0.15) is 49.7 Å². The molecule has 1 aliphatic rings. The third-order valence-electron chi connectivity index (χ3n) is 6.16. The van der Waals surface area contributed by atoms with Crippen LogP contribution in [0.15, 0.2) is 70.2 Å². The highest BCUT2D eigenvalue weighted by Gasteiger charge is 2.35. The van der Waals surface area contributed by atoms with Gasteiger partial charge in [0.15, 0.2) is 5.76 Å². The van der Waals surface area contributed by atoms with Crippen molar-refractivity contribution < 1.29 is 26.6 Å². The second kappa shape index (κ2) is 11.1. The maximum absolute atomic E-state index is 13.2. The molecule has 1 fully saturated rings. The van der Waals surface area contributed by atoms with Crippen LogP contribution < -0.4 is 14.4 Å². The molecule has 0 radical (unpaired) electrons. The molecule has 4 rings (SSSR count). The molecule has 37 heavy (non-hydrogen) atoms. The number of benzene rings is 2. The molecule has 2 aromatic carbocycles. The van der Waals surface area contributed by atoms with Gasteiger partial charge in [0.2, 0.25) is 5.91 Å². The maximum Gasteiger partial charge on any atom is 0.339 e. The summed E-state index contributed by atoms with van der Waals surface area (Å²) in [6, 6.07) is 14.5. The first-order valence-corrected chi connectivity index (χ1v) is 13.7. The van der Waals surface area contributed by atoms with Crippen molar-refractivity contribution in [2.45, 2.75) is 51.1 Å². The van der Waals surface area contributed by atoms with Crippen molar-refractivity contribution in [2.75, 3.05) is 23.3 Å². The number of furan rings is 1. The highest BCUT2D eigenvalue weighted by atomic mass is 32.2. The Morgan fingerprint density at radius 1 is 1.05 bits per heavy atom. The van der Waals surface area contributed by atoms with Crippen LogP contribution in [0.4, 0.5) is 11.4 Å². The number of nitrogens with zero attached hydrogens (tertiary/aromatic N) is 2. The predicted octanol–water partition coefficient (Wildman–Crippen LogP) is 4.66. The van der Waals surface area contributed by atoms with Gasteiger partial charge in [0, 0.05) is 49.1 Å². The highest BCUT2D eigenvalue weighted by Crippen LogP contribution is 2.34. The summed E-state index contributed by atoms with van der Waals surface area (Å²) < 4.78 is 37.5. The number of nitrogens with one attached hydrogen (secondary N) is 1. The zero-order valence-electron chi connectivity index (χ0n) is 21.1. The Morgan fingerprint density at radius 2 is 1.76 bits per heavy atom. The van der Waals surface area contributed by atoms with Gasteiger partial charge >= 0.3 is 10.1 Å². The van der Waals surface area contributed by atoms with Crippen LogP contribution >= 0.6 is 0 Å². The van der Waals surface area contributed by atoms with Crippen molar-refractivity contribution >= 4 is 33.3 Å². The summed E-state index contributed by atoms with van der Waals surface area (Å²) in [6.07, 6.45) is 3.20. The summed E-state index contributed by atoms with van der Waals surface area (Å²) >= 11 is 0. The molecule has 10 heteroatoms. The summed E-state index contributed by atoms with van der Waals surface area (Å²) in [4.78, 5) is 28.1. The number of carbonyl (C=O) groups excluding carboxylic acids is 2. The lowest BCUT2D eigenvalue weighted by Crippen LogP contribution is -2.32. The fraction of sp³-hybridized carbons (Fsp3) is 0.333. The van der Waals surface area contributed by atoms with Gasteiger partial charge in [-0.3, -0.25) is 9.59 Å². The molecule has 0 saturated heterocycles. The summed E-state index contributed by atoms with van der Waals surface area (Å²) in [7, 11) is -4.19. The highest BCUT2D eigenvalue weighted by molar-refractivity contribution is 7.87. The van der Waals surface area contributed by atoms with Crippen LogP contribution in [0, 0.1) is 0 Å². The van der Waals surface area contributed by atoms with Crippen molar-refractivity contribution in [1.29, 1.82) is 0 Å². The van der Waals surface area contributed by atoms with Gasteiger partial charge in [0.25, 0.3) is 5.91 Å². The van der Waals surface area contributed by atoms with E-state index < -0.39 is 10.1 Å². The molecular weight excluding hydrogens is 494 g/mol. The van der Waals surface area contributed by atoms with Gasteiger partial charge in [0.05, 0.1) is 12.8 Å². The Kier molecular flexibility index (Phi) is 7.87. The molecule has 1 aromatic heterocycles. The van der Waals surface area contributed by atoms with Crippen molar-refractivity contribution in [1.82, 2.24) is 4.90 Å². The molecule has 196 valence electrons. The van der Waals surface area contributed by atoms with Crippen molar-refractivity contribution in [3.63, 3.8) is 0 Å². The molecule has 0 atom stereocenters. The number of hydrogen-bond acceptors (Lipinski definition) is 7. The molecule has 0 unspecified atom stereocenters. The van der Waals surface area contributed by atoms with Gasteiger partial charge < -0.3 is 23.7 Å². The predicted molar refractivity (Wildman–Crippen MR) is 140 cm³/mol. The number of carbonyl (C=O) groups is 2. The number of amides is 2. The van der Waals surface area contributed by atoms with Crippen molar-refractivity contribution in [2.24, 2.45) is 0 Å². The maximum atomic E-state index is 13.2. The second-order valence-electron chi connectivity index (χ2n) is 8.85. The Hall–Kier alpha value is -3.79. The fourth-order valence-electron chi connectivity index (χ4n) is 4.09. The molecule has 9 nitrogen and oxygen atoms in total. The largest absolute Gasteiger partial charge is 0.459 e. The van der Waals surface area contributed by atoms with Gasteiger partial charge in [-0.2, -0.15) is 8.42 Å². The summed E-state index contributed by atoms with van der Waals surface area (Å²) in [5, 5.41) is 2.61. The lowest BCUT2D eigenvalue weighted by Gasteiger charge is -2.25. The Labute approximate surface area is 217 Å². The Bertz CT molecular complexity index is 1350. The lowest BCUT2D eigenvalue weighted by atomic mass is 10.1. The van der Waals surface area contributed by atoms with Gasteiger partial charge in [-0.05, 0) is 69.2 Å². The van der Waals surface area contributed by atoms with E-state index in [2.05, 4.69) is 10.2 Å². The average molecular weight is 526 g/mol. The van der Waals surface area contributed by atoms with E-state index in [0.29, 0.717) is 11.3 Å². The Balaban J connectivity index is 1.67. The molecule has 1 saturated carbocycles. The molecule has 3 aromatic rings. The third kappa shape index (κ3) is 6.32. The van der Waals surface area contributed by atoms with Crippen LogP contribution in [0.25, 0.3) is 0 Å². The summed E-state index contributed by atoms with van der Waals surface area (Å²) in [5.41, 5.74) is 1.86. The van der Waals surface area contributed by atoms with Crippen molar-refractivity contribution in [3.8, 4) is 5.75 Å². The van der Waals surface area contributed by atoms with E-state index in [4.69, 9.17) is 8.60 Å². The molecule has 1 aliphatic carbocycles. The third-order valence-corrected chi connectivity index (χ3v) is 7.41. The number of anilines is 2. The van der Waals surface area contributed by atoms with E-state index in [0.717, 1.165) is 31.6 Å². The van der Waals surface area contributed by atoms with Crippen LogP contribution in [-0.4, -0.2) is 44.3 Å². The average Bonchev–Trinajstić information content (AvgIpc) is 3.55. The van der Waals surface area contributed by atoms with Crippen molar-refractivity contribution in [3.05, 3.63) is 72.2 Å². The van der Waals surface area contributed by atoms with Crippen LogP contribution in [-0.2, 0) is 21.5 Å². The molecule has 1 heterocycles. The quantitative estimate of drug-likeness (QED) is 0.363. The minimum Gasteiger partial charge on any atom is -0.459 e. The van der Waals surface area contributed by atoms with Gasteiger partial charge in [-0.1, -0.05) is 6.07 Å². The standard InChI is InChI=1S/C27H31N3O6S/c1-4-29(5-2)23-11-8-20(18-30(22-12-13-22)27(32)25-7-6-16-35-25)26(17-23)36-37(33,34)24-14-9-21(10-15-24)28-19(3)31/h6-11,14-17,22H,4-5,12-13,18H2,1-3H3,(H,28,31). The van der Waals surface area contributed by atoms with Gasteiger partial charge in [-0.25, -0.2) is 0 Å². The number of hydrogen-bond donors (Lipinski definition) is 1. The van der Waals surface area contributed by atoms with Gasteiger partial charge in [0.1, 0.15) is 10.6 Å². The first-order valence-electron chi connectivity index (χ1n) is 12.3. The summed E-state index contributed by atoms with van der Waals surface area (Å²) in [5.74, 6) is -0.106. The molecule has 0 spiro atoms. The van der Waals surface area contributed by atoms with E-state index in [1.54, 1.807) is 23.1 Å². The Morgan fingerprint density at radius 3 is 2.32 bits per heavy atom. The summed E-state index contributed by atoms with van der Waals surface area (Å²) in [6.45, 7) is 7.05. The normalized spacial score (nSPS) is 13.2. The number of rotatable bonds is 11. The SMILES string of the molecule is CCN(CC)c1ccc(CN(C(=O)c2ccco2)C2CC2)c(OS(=O)(=O)c2ccc(NC(C)=O)cc2)c1. The molecule has 0 aliphatic heterocycles. The van der Waals surface area contributed by atoms with E-state index in [-0.39, 0.29) is 40.8 Å². The zero-order valence-corrected chi connectivity index (χ0v) is 22.0. The zero-order chi connectivity index (χ0) is 26.6. The van der Waals surface area contributed by atoms with E-state index >= 15 is 0 Å². The van der Waals surface area contributed by atoms with Crippen LogP contribution in [0.3, 0.4) is 0 Å². The molecule has 0 bridgehead atoms. The monoisotopic (exact) mass is 525 g/mol. The minimum absolute atomic E-state index is 0.0495. The van der Waals surface area contributed by atoms with Crippen LogP contribution in [0.5, 0.6) is 5.75 Å². The lowest BCUT2D eigenvalue weighted by molar-refractivity contribution is -0.114. The van der Waals surface area contributed by atoms with E-state index in [1.165, 1.54) is 37.5 Å². The molecule has 2 amide bonds. The fourth-order valence-corrected chi connectivity index (χ4v) is 5.05. The first-order chi connectivity index (χ1) is 17.7. The first kappa shape index (κ1) is 26.3. The second-order valence-corrected chi connectivity index (χ2v) is 10.4. The van der Waals surface area contributed by atoms with Gasteiger partial charge in [-0.15, -0.1) is 0 Å². The molecule has 1 N–H and O–H groups in total. The van der Waals surface area contributed by atoms with Crippen LogP contribution in [0.2, 0.25) is 0 Å². The minimum atomic E-state index is -4.19.